The molecule has 198 valence electrons. The van der Waals surface area contributed by atoms with E-state index in [4.69, 9.17) is 21.7 Å². The number of primary sulfonamides is 1. The van der Waals surface area contributed by atoms with Gasteiger partial charge in [-0.05, 0) is 41.8 Å². The molecule has 3 aromatic carbocycles. The van der Waals surface area contributed by atoms with E-state index in [0.29, 0.717) is 35.3 Å². The van der Waals surface area contributed by atoms with Crippen LogP contribution in [-0.2, 0) is 16.4 Å². The first-order valence-corrected chi connectivity index (χ1v) is 13.0. The first-order valence-electron chi connectivity index (χ1n) is 11.5. The molecule has 0 aliphatic carbocycles. The highest BCUT2D eigenvalue weighted by atomic mass is 32.2. The molecule has 0 saturated carbocycles. The number of anilines is 1. The largest absolute Gasteiger partial charge is 0.432 e. The number of nitrogens with zero attached hydrogens (tertiary/aromatic N) is 1. The lowest BCUT2D eigenvalue weighted by Gasteiger charge is -2.20. The van der Waals surface area contributed by atoms with Crippen molar-refractivity contribution >= 4 is 32.9 Å². The van der Waals surface area contributed by atoms with Crippen LogP contribution < -0.4 is 21.1 Å². The number of quaternary nitrogens is 1. The summed E-state index contributed by atoms with van der Waals surface area (Å²) in [5.41, 5.74) is 8.16. The molecule has 0 spiro atoms. The topological polar surface area (TPSA) is 154 Å². The van der Waals surface area contributed by atoms with E-state index in [1.54, 1.807) is 59.9 Å². The molecule has 8 N–H and O–H groups in total. The number of allylic oxidation sites excluding steroid dienone is 1. The van der Waals surface area contributed by atoms with Crippen molar-refractivity contribution in [2.75, 3.05) is 18.0 Å². The van der Waals surface area contributed by atoms with Crippen LogP contribution >= 0.6 is 0 Å². The van der Waals surface area contributed by atoms with Gasteiger partial charge in [0.2, 0.25) is 10.0 Å². The second kappa shape index (κ2) is 10.4. The Labute approximate surface area is 217 Å². The van der Waals surface area contributed by atoms with Gasteiger partial charge in [-0.1, -0.05) is 36.4 Å². The Bertz CT molecular complexity index is 1550. The third-order valence-corrected chi connectivity index (χ3v) is 7.10. The maximum atomic E-state index is 13.2. The summed E-state index contributed by atoms with van der Waals surface area (Å²) < 4.78 is 63.7. The number of halogens is 3. The second-order valence-electron chi connectivity index (χ2n) is 8.87. The predicted molar refractivity (Wildman–Crippen MR) is 140 cm³/mol. The summed E-state index contributed by atoms with van der Waals surface area (Å²) in [7, 11) is -3.94. The zero-order valence-corrected chi connectivity index (χ0v) is 20.9. The van der Waals surface area contributed by atoms with Crippen molar-refractivity contribution in [3.63, 3.8) is 0 Å². The minimum Gasteiger partial charge on any atom is -0.384 e. The van der Waals surface area contributed by atoms with Crippen LogP contribution in [0, 0.1) is 10.8 Å². The molecular weight excluding hydrogens is 517 g/mol. The molecule has 1 aliphatic rings. The molecule has 0 amide bonds. The minimum absolute atomic E-state index is 0.00748. The third-order valence-electron chi connectivity index (χ3n) is 6.13. The van der Waals surface area contributed by atoms with Gasteiger partial charge >= 0.3 is 6.18 Å². The molecule has 0 saturated heterocycles. The van der Waals surface area contributed by atoms with Crippen molar-refractivity contribution < 1.29 is 26.9 Å². The van der Waals surface area contributed by atoms with Crippen molar-refractivity contribution in [3.8, 4) is 11.1 Å². The van der Waals surface area contributed by atoms with E-state index in [1.807, 2.05) is 11.0 Å². The van der Waals surface area contributed by atoms with Crippen molar-refractivity contribution in [2.45, 2.75) is 17.5 Å². The highest BCUT2D eigenvalue weighted by molar-refractivity contribution is 7.89. The Kier molecular flexibility index (Phi) is 7.40. The number of benzene rings is 3. The number of sulfonamides is 1. The summed E-state index contributed by atoms with van der Waals surface area (Å²) >= 11 is 0. The van der Waals surface area contributed by atoms with Gasteiger partial charge in [0.25, 0.3) is 0 Å². The van der Waals surface area contributed by atoms with Gasteiger partial charge in [-0.3, -0.25) is 16.1 Å². The lowest BCUT2D eigenvalue weighted by atomic mass is 10.0. The minimum atomic E-state index is -4.80. The highest BCUT2D eigenvalue weighted by Gasteiger charge is 2.34. The van der Waals surface area contributed by atoms with Gasteiger partial charge in [-0.25, -0.2) is 13.6 Å². The Balaban J connectivity index is 1.64. The summed E-state index contributed by atoms with van der Waals surface area (Å²) in [5.74, 6) is -0.165. The van der Waals surface area contributed by atoms with E-state index in [1.165, 1.54) is 6.07 Å². The molecule has 4 rings (SSSR count). The second-order valence-corrected chi connectivity index (χ2v) is 10.4. The van der Waals surface area contributed by atoms with Crippen LogP contribution in [0.2, 0.25) is 0 Å². The molecule has 0 bridgehead atoms. The van der Waals surface area contributed by atoms with E-state index in [-0.39, 0.29) is 23.0 Å². The Morgan fingerprint density at radius 2 is 1.79 bits per heavy atom. The van der Waals surface area contributed by atoms with Crippen molar-refractivity contribution in [2.24, 2.45) is 10.9 Å². The molecule has 0 atom stereocenters. The van der Waals surface area contributed by atoms with Gasteiger partial charge in [0, 0.05) is 35.5 Å². The van der Waals surface area contributed by atoms with Crippen LogP contribution in [0.3, 0.4) is 0 Å². The number of rotatable bonds is 8. The van der Waals surface area contributed by atoms with Gasteiger partial charge < -0.3 is 10.6 Å². The summed E-state index contributed by atoms with van der Waals surface area (Å²) in [6, 6.07) is 18.4. The molecule has 0 radical (unpaired) electrons. The van der Waals surface area contributed by atoms with Gasteiger partial charge in [-0.2, -0.15) is 13.2 Å². The number of amidine groups is 1. The fourth-order valence-electron chi connectivity index (χ4n) is 4.39. The number of hydrogen-bond donors (Lipinski definition) is 5. The normalized spacial score (nSPS) is 13.9. The average molecular weight is 544 g/mol. The fraction of sp³-hybridized carbons (Fsp3) is 0.154. The molecule has 1 heterocycles. The SMILES string of the molecule is N=C(N)c1cccc([NH2+]C(=CC(=N)C(F)(F)F)CN2CCc3cc(-c4ccccc4S(N)(=O)=O)ccc32)c1. The van der Waals surface area contributed by atoms with Crippen LogP contribution in [0.25, 0.3) is 11.1 Å². The predicted octanol–water partition coefficient (Wildman–Crippen LogP) is 3.01. The molecule has 3 aromatic rings. The van der Waals surface area contributed by atoms with E-state index in [9.17, 15) is 21.6 Å². The fourth-order valence-corrected chi connectivity index (χ4v) is 5.15. The van der Waals surface area contributed by atoms with Crippen LogP contribution in [0.4, 0.5) is 24.5 Å². The zero-order chi connectivity index (χ0) is 27.7. The molecule has 8 nitrogen and oxygen atoms in total. The summed E-state index contributed by atoms with van der Waals surface area (Å²) in [4.78, 5) is 1.92. The molecule has 12 heteroatoms. The number of hydrogen-bond acceptors (Lipinski definition) is 5. The number of alkyl halides is 3. The van der Waals surface area contributed by atoms with E-state index < -0.39 is 21.9 Å². The van der Waals surface area contributed by atoms with Gasteiger partial charge in [0.1, 0.15) is 22.9 Å². The molecule has 38 heavy (non-hydrogen) atoms. The van der Waals surface area contributed by atoms with Crippen molar-refractivity contribution in [3.05, 3.63) is 89.6 Å². The molecule has 0 unspecified atom stereocenters. The van der Waals surface area contributed by atoms with Crippen LogP contribution in [-0.4, -0.2) is 39.2 Å². The molecular formula is C26H26F3N6O2S+. The summed E-state index contributed by atoms with van der Waals surface area (Å²) in [5, 5.41) is 22.0. The van der Waals surface area contributed by atoms with Crippen molar-refractivity contribution in [1.82, 2.24) is 0 Å². The van der Waals surface area contributed by atoms with E-state index in [2.05, 4.69) is 0 Å². The monoisotopic (exact) mass is 543 g/mol. The zero-order valence-electron chi connectivity index (χ0n) is 20.1. The lowest BCUT2D eigenvalue weighted by molar-refractivity contribution is -0.518. The first kappa shape index (κ1) is 27.0. The standard InChI is InChI=1S/C26H25F3N6O2S/c27-26(28,29)24(30)14-20(34-19-5-3-4-18(13-19)25(31)32)15-35-11-10-17-12-16(8-9-22(17)35)21-6-1-2-7-23(21)38(33,36)37/h1-9,12-14,30,34H,10-11,15H2,(H3,31,32)(H2,33,36,37)/p+1. The van der Waals surface area contributed by atoms with Crippen LogP contribution in [0.1, 0.15) is 11.1 Å². The summed E-state index contributed by atoms with van der Waals surface area (Å²) in [6.45, 7) is 0.622. The Hall–Kier alpha value is -4.00. The van der Waals surface area contributed by atoms with Gasteiger partial charge in [-0.15, -0.1) is 0 Å². The Morgan fingerprint density at radius 3 is 2.47 bits per heavy atom. The first-order chi connectivity index (χ1) is 17.8. The van der Waals surface area contributed by atoms with E-state index in [0.717, 1.165) is 17.3 Å². The highest BCUT2D eigenvalue weighted by Crippen LogP contribution is 2.34. The number of fused-ring (bicyclic) bond motifs is 1. The van der Waals surface area contributed by atoms with E-state index >= 15 is 0 Å². The van der Waals surface area contributed by atoms with Crippen LogP contribution in [0.5, 0.6) is 0 Å². The number of nitrogens with two attached hydrogens (primary N) is 3. The van der Waals surface area contributed by atoms with Gasteiger partial charge in [0.05, 0.1) is 11.4 Å². The third kappa shape index (κ3) is 6.10. The maximum absolute atomic E-state index is 13.2. The molecule has 1 aliphatic heterocycles. The average Bonchev–Trinajstić information content (AvgIpc) is 3.25. The smallest absolute Gasteiger partial charge is 0.384 e. The molecule has 0 aromatic heterocycles. The molecule has 0 fully saturated rings. The lowest BCUT2D eigenvalue weighted by Crippen LogP contribution is -2.77. The Morgan fingerprint density at radius 1 is 1.05 bits per heavy atom. The summed E-state index contributed by atoms with van der Waals surface area (Å²) in [6.07, 6.45) is -3.39. The number of nitrogen functional groups attached to an aromatic ring is 1. The van der Waals surface area contributed by atoms with Gasteiger partial charge in [0.15, 0.2) is 0 Å². The maximum Gasteiger partial charge on any atom is 0.432 e. The number of nitrogens with one attached hydrogen (secondary N) is 2. The van der Waals surface area contributed by atoms with Crippen LogP contribution in [0.15, 0.2) is 83.4 Å². The van der Waals surface area contributed by atoms with Crippen molar-refractivity contribution in [1.29, 1.82) is 10.8 Å². The quantitative estimate of drug-likeness (QED) is 0.168.